The number of hydrogen-bond donors (Lipinski definition) is 1. The van der Waals surface area contributed by atoms with Crippen LogP contribution >= 0.6 is 0 Å². The average Bonchev–Trinajstić information content (AvgIpc) is 2.36. The van der Waals surface area contributed by atoms with E-state index in [9.17, 15) is 9.59 Å². The van der Waals surface area contributed by atoms with Crippen molar-refractivity contribution in [3.8, 4) is 0 Å². The summed E-state index contributed by atoms with van der Waals surface area (Å²) in [6, 6.07) is 8.61. The minimum Gasteiger partial charge on any atom is -0.481 e. The van der Waals surface area contributed by atoms with Crippen LogP contribution in [0.5, 0.6) is 0 Å². The lowest BCUT2D eigenvalue weighted by atomic mass is 9.77. The maximum atomic E-state index is 12.1. The Balaban J connectivity index is 2.85. The van der Waals surface area contributed by atoms with Crippen molar-refractivity contribution < 1.29 is 19.4 Å². The number of rotatable bonds is 5. The summed E-state index contributed by atoms with van der Waals surface area (Å²) >= 11 is 0. The van der Waals surface area contributed by atoms with Gasteiger partial charge in [0.2, 0.25) is 0 Å². The van der Waals surface area contributed by atoms with Gasteiger partial charge in [-0.15, -0.1) is 0 Å². The number of carbonyl (C=O) groups excluding carboxylic acids is 1. The molecule has 20 heavy (non-hydrogen) atoms. The van der Waals surface area contributed by atoms with Crippen LogP contribution in [0.15, 0.2) is 30.3 Å². The molecule has 0 amide bonds. The van der Waals surface area contributed by atoms with Gasteiger partial charge in [-0.05, 0) is 23.5 Å². The fourth-order valence-electron chi connectivity index (χ4n) is 1.83. The summed E-state index contributed by atoms with van der Waals surface area (Å²) in [5, 5.41) is 8.99. The lowest BCUT2D eigenvalue weighted by Gasteiger charge is -2.33. The second kappa shape index (κ2) is 6.55. The first-order valence-electron chi connectivity index (χ1n) is 6.69. The van der Waals surface area contributed by atoms with Crippen molar-refractivity contribution in [3.63, 3.8) is 0 Å². The number of carboxylic acid groups (broad SMARTS) is 1. The zero-order chi connectivity index (χ0) is 15.3. The number of aliphatic carboxylic acids is 1. The first kappa shape index (κ1) is 16.2. The number of carboxylic acids is 1. The number of ether oxygens (including phenoxy) is 1. The van der Waals surface area contributed by atoms with Crippen molar-refractivity contribution in [3.05, 3.63) is 35.9 Å². The quantitative estimate of drug-likeness (QED) is 0.839. The monoisotopic (exact) mass is 278 g/mol. The molecule has 0 saturated heterocycles. The molecule has 2 atom stereocenters. The number of hydrogen-bond acceptors (Lipinski definition) is 3. The van der Waals surface area contributed by atoms with Gasteiger partial charge in [0.05, 0.1) is 12.0 Å². The van der Waals surface area contributed by atoms with Crippen LogP contribution in [-0.4, -0.2) is 23.1 Å². The summed E-state index contributed by atoms with van der Waals surface area (Å²) in [5.74, 6) is -1.51. The largest absolute Gasteiger partial charge is 0.481 e. The first-order chi connectivity index (χ1) is 9.21. The van der Waals surface area contributed by atoms with E-state index in [4.69, 9.17) is 9.84 Å². The zero-order valence-corrected chi connectivity index (χ0v) is 12.4. The van der Waals surface area contributed by atoms with E-state index >= 15 is 0 Å². The van der Waals surface area contributed by atoms with E-state index in [-0.39, 0.29) is 17.8 Å². The summed E-state index contributed by atoms with van der Waals surface area (Å²) in [6.45, 7) is 7.92. The van der Waals surface area contributed by atoms with Crippen LogP contribution in [0.2, 0.25) is 0 Å². The Morgan fingerprint density at radius 1 is 1.20 bits per heavy atom. The van der Waals surface area contributed by atoms with Gasteiger partial charge in [-0.25, -0.2) is 4.79 Å². The fourth-order valence-corrected chi connectivity index (χ4v) is 1.83. The second-order valence-electron chi connectivity index (χ2n) is 6.06. The molecule has 0 radical (unpaired) electrons. The molecule has 110 valence electrons. The molecular weight excluding hydrogens is 256 g/mol. The predicted molar refractivity (Wildman–Crippen MR) is 76.5 cm³/mol. The van der Waals surface area contributed by atoms with Gasteiger partial charge < -0.3 is 9.84 Å². The summed E-state index contributed by atoms with van der Waals surface area (Å²) in [6.07, 6.45) is -0.822. The van der Waals surface area contributed by atoms with Gasteiger partial charge in [-0.2, -0.15) is 0 Å². The molecule has 0 aliphatic heterocycles. The van der Waals surface area contributed by atoms with E-state index in [2.05, 4.69) is 0 Å². The fraction of sp³-hybridized carbons (Fsp3) is 0.500. The standard InChI is InChI=1S/C16H22O4/c1-11(16(2,3)4)13(10-14(17)18)20-15(19)12-8-6-5-7-9-12/h5-9,11,13H,10H2,1-4H3,(H,17,18). The van der Waals surface area contributed by atoms with E-state index in [0.717, 1.165) is 0 Å². The molecule has 0 fully saturated rings. The first-order valence-corrected chi connectivity index (χ1v) is 6.69. The Hall–Kier alpha value is -1.84. The normalized spacial score (nSPS) is 14.4. The van der Waals surface area contributed by atoms with Gasteiger partial charge in [0.15, 0.2) is 0 Å². The highest BCUT2D eigenvalue weighted by Gasteiger charge is 2.32. The lowest BCUT2D eigenvalue weighted by molar-refractivity contribution is -0.140. The summed E-state index contributed by atoms with van der Waals surface area (Å²) in [4.78, 5) is 23.0. The highest BCUT2D eigenvalue weighted by atomic mass is 16.5. The SMILES string of the molecule is CC(C(CC(=O)O)OC(=O)c1ccccc1)C(C)(C)C. The van der Waals surface area contributed by atoms with Gasteiger partial charge in [0.25, 0.3) is 0 Å². The molecule has 0 bridgehead atoms. The third-order valence-corrected chi connectivity index (χ3v) is 3.57. The Morgan fingerprint density at radius 2 is 1.75 bits per heavy atom. The van der Waals surface area contributed by atoms with E-state index in [0.29, 0.717) is 5.56 Å². The highest BCUT2D eigenvalue weighted by Crippen LogP contribution is 2.31. The van der Waals surface area contributed by atoms with Gasteiger partial charge in [0.1, 0.15) is 6.10 Å². The molecule has 0 spiro atoms. The van der Waals surface area contributed by atoms with Gasteiger partial charge in [0, 0.05) is 0 Å². The summed E-state index contributed by atoms with van der Waals surface area (Å²) < 4.78 is 5.42. The van der Waals surface area contributed by atoms with Crippen LogP contribution in [0.4, 0.5) is 0 Å². The lowest BCUT2D eigenvalue weighted by Crippen LogP contribution is -2.35. The van der Waals surface area contributed by atoms with Gasteiger partial charge in [-0.1, -0.05) is 45.9 Å². The third kappa shape index (κ3) is 4.68. The Labute approximate surface area is 119 Å². The summed E-state index contributed by atoms with van der Waals surface area (Å²) in [5.41, 5.74) is 0.292. The van der Waals surface area contributed by atoms with Crippen molar-refractivity contribution in [2.24, 2.45) is 11.3 Å². The van der Waals surface area contributed by atoms with E-state index < -0.39 is 18.0 Å². The topological polar surface area (TPSA) is 63.6 Å². The highest BCUT2D eigenvalue weighted by molar-refractivity contribution is 5.89. The molecule has 0 aromatic heterocycles. The predicted octanol–water partition coefficient (Wildman–Crippen LogP) is 3.37. The Kier molecular flexibility index (Phi) is 5.31. The minimum atomic E-state index is -0.966. The van der Waals surface area contributed by atoms with Crippen molar-refractivity contribution in [1.29, 1.82) is 0 Å². The van der Waals surface area contributed by atoms with Crippen molar-refractivity contribution >= 4 is 11.9 Å². The molecule has 4 heteroatoms. The Bertz CT molecular complexity index is 459. The maximum Gasteiger partial charge on any atom is 0.338 e. The van der Waals surface area contributed by atoms with Crippen molar-refractivity contribution in [1.82, 2.24) is 0 Å². The van der Waals surface area contributed by atoms with Crippen LogP contribution < -0.4 is 0 Å². The number of benzene rings is 1. The molecule has 0 aliphatic carbocycles. The van der Waals surface area contributed by atoms with Crippen LogP contribution in [0.1, 0.15) is 44.5 Å². The maximum absolute atomic E-state index is 12.1. The van der Waals surface area contributed by atoms with Crippen LogP contribution in [-0.2, 0) is 9.53 Å². The summed E-state index contributed by atoms with van der Waals surface area (Å²) in [7, 11) is 0. The number of carbonyl (C=O) groups is 2. The molecule has 2 unspecified atom stereocenters. The average molecular weight is 278 g/mol. The molecule has 4 nitrogen and oxygen atoms in total. The van der Waals surface area contributed by atoms with Crippen molar-refractivity contribution in [2.75, 3.05) is 0 Å². The molecule has 1 rings (SSSR count). The van der Waals surface area contributed by atoms with Gasteiger partial charge >= 0.3 is 11.9 Å². The molecule has 1 aromatic rings. The van der Waals surface area contributed by atoms with E-state index in [1.807, 2.05) is 33.8 Å². The van der Waals surface area contributed by atoms with Crippen LogP contribution in [0.3, 0.4) is 0 Å². The molecule has 1 aromatic carbocycles. The molecule has 1 N–H and O–H groups in total. The molecule has 0 aliphatic rings. The smallest absolute Gasteiger partial charge is 0.338 e. The molecule has 0 saturated carbocycles. The molecule has 0 heterocycles. The van der Waals surface area contributed by atoms with E-state index in [1.165, 1.54) is 0 Å². The number of esters is 1. The van der Waals surface area contributed by atoms with Crippen molar-refractivity contribution in [2.45, 2.75) is 40.2 Å². The third-order valence-electron chi connectivity index (χ3n) is 3.57. The minimum absolute atomic E-state index is 0.0636. The Morgan fingerprint density at radius 3 is 2.20 bits per heavy atom. The van der Waals surface area contributed by atoms with Crippen LogP contribution in [0.25, 0.3) is 0 Å². The molecular formula is C16H22O4. The van der Waals surface area contributed by atoms with Crippen LogP contribution in [0, 0.1) is 11.3 Å². The van der Waals surface area contributed by atoms with E-state index in [1.54, 1.807) is 24.3 Å². The zero-order valence-electron chi connectivity index (χ0n) is 12.4. The second-order valence-corrected chi connectivity index (χ2v) is 6.06. The van der Waals surface area contributed by atoms with Gasteiger partial charge in [-0.3, -0.25) is 4.79 Å².